The molecule has 0 aromatic carbocycles. The molecular weight excluding hydrogens is 280 g/mol. The number of fused-ring (bicyclic) bond motifs is 1. The molecule has 3 aliphatic rings. The highest BCUT2D eigenvalue weighted by Crippen LogP contribution is 2.36. The van der Waals surface area contributed by atoms with Crippen molar-refractivity contribution in [3.8, 4) is 0 Å². The Kier molecular flexibility index (Phi) is 5.96. The summed E-state index contributed by atoms with van der Waals surface area (Å²) in [6.07, 6.45) is 8.29. The molecule has 0 aromatic heterocycles. The minimum atomic E-state index is 0.140. The first-order valence-electron chi connectivity index (χ1n) is 9.04. The van der Waals surface area contributed by atoms with Crippen LogP contribution in [-0.2, 0) is 9.47 Å². The minimum Gasteiger partial charge on any atom is -0.381 e. The first kappa shape index (κ1) is 16.1. The van der Waals surface area contributed by atoms with Gasteiger partial charge in [-0.25, -0.2) is 4.79 Å². The van der Waals surface area contributed by atoms with Gasteiger partial charge in [0.2, 0.25) is 0 Å². The number of hydrogen-bond acceptors (Lipinski definition) is 3. The summed E-state index contributed by atoms with van der Waals surface area (Å²) in [7, 11) is 0. The zero-order chi connectivity index (χ0) is 15.2. The van der Waals surface area contributed by atoms with Crippen LogP contribution in [0.25, 0.3) is 0 Å². The predicted octanol–water partition coefficient (Wildman–Crippen LogP) is 2.40. The fraction of sp³-hybridized carbons (Fsp3) is 0.941. The van der Waals surface area contributed by atoms with Crippen LogP contribution in [-0.4, -0.2) is 56.5 Å². The van der Waals surface area contributed by atoms with Gasteiger partial charge < -0.3 is 19.7 Å². The molecular formula is C17H30N2O3. The fourth-order valence-electron chi connectivity index (χ4n) is 4.14. The lowest BCUT2D eigenvalue weighted by molar-refractivity contribution is 0.0876. The number of ether oxygens (including phenoxy) is 2. The van der Waals surface area contributed by atoms with Gasteiger partial charge in [0.1, 0.15) is 0 Å². The average Bonchev–Trinajstić information content (AvgIpc) is 3.20. The highest BCUT2D eigenvalue weighted by atomic mass is 16.5. The van der Waals surface area contributed by atoms with Crippen LogP contribution in [0.2, 0.25) is 0 Å². The molecule has 0 aromatic rings. The van der Waals surface area contributed by atoms with Crippen LogP contribution in [0.15, 0.2) is 0 Å². The van der Waals surface area contributed by atoms with Gasteiger partial charge >= 0.3 is 6.03 Å². The molecule has 5 nitrogen and oxygen atoms in total. The van der Waals surface area contributed by atoms with Gasteiger partial charge in [-0.2, -0.15) is 0 Å². The summed E-state index contributed by atoms with van der Waals surface area (Å²) >= 11 is 0. The van der Waals surface area contributed by atoms with Gasteiger partial charge in [-0.15, -0.1) is 0 Å². The molecule has 0 radical (unpaired) electrons. The summed E-state index contributed by atoms with van der Waals surface area (Å²) < 4.78 is 11.0. The van der Waals surface area contributed by atoms with Gasteiger partial charge in [0, 0.05) is 38.3 Å². The average molecular weight is 310 g/mol. The van der Waals surface area contributed by atoms with Crippen LogP contribution in [0.4, 0.5) is 4.79 Å². The Morgan fingerprint density at radius 3 is 3.00 bits per heavy atom. The summed E-state index contributed by atoms with van der Waals surface area (Å²) in [4.78, 5) is 14.4. The van der Waals surface area contributed by atoms with Crippen LogP contribution in [0.1, 0.15) is 44.9 Å². The van der Waals surface area contributed by atoms with Crippen molar-refractivity contribution in [3.05, 3.63) is 0 Å². The molecule has 3 rings (SSSR count). The van der Waals surface area contributed by atoms with E-state index in [-0.39, 0.29) is 6.03 Å². The van der Waals surface area contributed by atoms with E-state index in [1.807, 2.05) is 0 Å². The molecule has 2 amide bonds. The highest BCUT2D eigenvalue weighted by Gasteiger charge is 2.37. The Bertz CT molecular complexity index is 358. The van der Waals surface area contributed by atoms with Crippen molar-refractivity contribution >= 4 is 6.03 Å². The van der Waals surface area contributed by atoms with E-state index in [0.29, 0.717) is 18.5 Å². The van der Waals surface area contributed by atoms with Crippen LogP contribution in [0, 0.1) is 11.8 Å². The van der Waals surface area contributed by atoms with Crippen molar-refractivity contribution in [2.45, 2.75) is 51.0 Å². The summed E-state index contributed by atoms with van der Waals surface area (Å²) in [5.41, 5.74) is 0. The quantitative estimate of drug-likeness (QED) is 0.767. The Morgan fingerprint density at radius 2 is 2.14 bits per heavy atom. The third-order valence-corrected chi connectivity index (χ3v) is 5.37. The Labute approximate surface area is 133 Å². The minimum absolute atomic E-state index is 0.140. The molecule has 2 aliphatic heterocycles. The Hall–Kier alpha value is -0.810. The molecule has 126 valence electrons. The van der Waals surface area contributed by atoms with Crippen LogP contribution < -0.4 is 5.32 Å². The van der Waals surface area contributed by atoms with Gasteiger partial charge in [-0.05, 0) is 44.4 Å². The number of hydrogen-bond donors (Lipinski definition) is 1. The zero-order valence-corrected chi connectivity index (χ0v) is 13.6. The van der Waals surface area contributed by atoms with Crippen molar-refractivity contribution in [2.24, 2.45) is 11.8 Å². The Balaban J connectivity index is 1.27. The predicted molar refractivity (Wildman–Crippen MR) is 84.8 cm³/mol. The fourth-order valence-corrected chi connectivity index (χ4v) is 4.14. The van der Waals surface area contributed by atoms with Crippen LogP contribution in [0.3, 0.4) is 0 Å². The summed E-state index contributed by atoms with van der Waals surface area (Å²) in [5, 5.41) is 3.08. The van der Waals surface area contributed by atoms with Gasteiger partial charge in [0.25, 0.3) is 0 Å². The maximum absolute atomic E-state index is 12.3. The smallest absolute Gasteiger partial charge is 0.317 e. The Morgan fingerprint density at radius 1 is 1.23 bits per heavy atom. The third-order valence-electron chi connectivity index (χ3n) is 5.37. The molecule has 0 spiro atoms. The van der Waals surface area contributed by atoms with E-state index < -0.39 is 0 Å². The highest BCUT2D eigenvalue weighted by molar-refractivity contribution is 5.74. The normalized spacial score (nSPS) is 31.3. The SMILES string of the molecule is O=C(NCCCOC[C@@H]1CCOC1)N1CCC[C@H]2CCC[C@@H]21. The summed E-state index contributed by atoms with van der Waals surface area (Å²) in [6.45, 7) is 4.89. The zero-order valence-electron chi connectivity index (χ0n) is 13.6. The number of urea groups is 1. The van der Waals surface area contributed by atoms with Crippen molar-refractivity contribution in [1.29, 1.82) is 0 Å². The number of nitrogens with one attached hydrogen (secondary N) is 1. The lowest BCUT2D eigenvalue weighted by Crippen LogP contribution is -2.50. The molecule has 1 saturated carbocycles. The van der Waals surface area contributed by atoms with E-state index in [9.17, 15) is 4.79 Å². The van der Waals surface area contributed by atoms with Gasteiger partial charge in [-0.3, -0.25) is 0 Å². The monoisotopic (exact) mass is 310 g/mol. The molecule has 2 heterocycles. The van der Waals surface area contributed by atoms with Gasteiger partial charge in [0.15, 0.2) is 0 Å². The van der Waals surface area contributed by atoms with E-state index in [4.69, 9.17) is 9.47 Å². The molecule has 0 unspecified atom stereocenters. The molecule has 0 bridgehead atoms. The number of likely N-dealkylation sites (tertiary alicyclic amines) is 1. The second kappa shape index (κ2) is 8.16. The maximum atomic E-state index is 12.3. The number of nitrogens with zero attached hydrogens (tertiary/aromatic N) is 1. The number of rotatable bonds is 6. The number of carbonyl (C=O) groups excluding carboxylic acids is 1. The maximum Gasteiger partial charge on any atom is 0.317 e. The molecule has 3 fully saturated rings. The first-order chi connectivity index (χ1) is 10.8. The van der Waals surface area contributed by atoms with Gasteiger partial charge in [-0.1, -0.05) is 6.42 Å². The van der Waals surface area contributed by atoms with Crippen molar-refractivity contribution in [2.75, 3.05) is 39.5 Å². The molecule has 2 saturated heterocycles. The van der Waals surface area contributed by atoms with Crippen LogP contribution >= 0.6 is 0 Å². The molecule has 3 atom stereocenters. The molecule has 22 heavy (non-hydrogen) atoms. The van der Waals surface area contributed by atoms with E-state index >= 15 is 0 Å². The molecule has 5 heteroatoms. The van der Waals surface area contributed by atoms with Crippen molar-refractivity contribution in [1.82, 2.24) is 10.2 Å². The third kappa shape index (κ3) is 4.13. The number of carbonyl (C=O) groups is 1. The molecule has 1 N–H and O–H groups in total. The topological polar surface area (TPSA) is 50.8 Å². The standard InChI is InChI=1S/C17H30N2O3/c20-17(19-9-2-5-15-4-1-6-16(15)19)18-8-3-10-21-12-14-7-11-22-13-14/h14-16H,1-13H2,(H,18,20)/t14-,15+,16-/m0/s1. The lowest BCUT2D eigenvalue weighted by Gasteiger charge is -2.37. The second-order valence-electron chi connectivity index (χ2n) is 6.98. The molecule has 1 aliphatic carbocycles. The van der Waals surface area contributed by atoms with E-state index in [0.717, 1.165) is 51.7 Å². The first-order valence-corrected chi connectivity index (χ1v) is 9.04. The number of piperidine rings is 1. The van der Waals surface area contributed by atoms with Crippen LogP contribution in [0.5, 0.6) is 0 Å². The largest absolute Gasteiger partial charge is 0.381 e. The summed E-state index contributed by atoms with van der Waals surface area (Å²) in [5.74, 6) is 1.33. The van der Waals surface area contributed by atoms with E-state index in [1.54, 1.807) is 0 Å². The van der Waals surface area contributed by atoms with E-state index in [2.05, 4.69) is 10.2 Å². The van der Waals surface area contributed by atoms with Crippen molar-refractivity contribution < 1.29 is 14.3 Å². The van der Waals surface area contributed by atoms with Gasteiger partial charge in [0.05, 0.1) is 13.2 Å². The summed E-state index contributed by atoms with van der Waals surface area (Å²) in [6, 6.07) is 0.646. The van der Waals surface area contributed by atoms with Crippen molar-refractivity contribution in [3.63, 3.8) is 0 Å². The lowest BCUT2D eigenvalue weighted by atomic mass is 9.92. The second-order valence-corrected chi connectivity index (χ2v) is 6.98. The number of amides is 2. The van der Waals surface area contributed by atoms with E-state index in [1.165, 1.54) is 32.1 Å².